The molecule has 1 fully saturated rings. The summed E-state index contributed by atoms with van der Waals surface area (Å²) in [5, 5.41) is 0. The number of ether oxygens (including phenoxy) is 2. The minimum Gasteiger partial charge on any atom is -0.497 e. The number of nitrogens with zero attached hydrogens (tertiary/aromatic N) is 4. The van der Waals surface area contributed by atoms with Gasteiger partial charge in [-0.25, -0.2) is 4.98 Å². The van der Waals surface area contributed by atoms with E-state index in [1.807, 2.05) is 51.4 Å². The highest BCUT2D eigenvalue weighted by Gasteiger charge is 2.22. The van der Waals surface area contributed by atoms with Gasteiger partial charge in [-0.05, 0) is 48.2 Å². The van der Waals surface area contributed by atoms with E-state index in [0.717, 1.165) is 65.7 Å². The number of hydrogen-bond acceptors (Lipinski definition) is 5. The molecule has 1 aliphatic rings. The maximum atomic E-state index is 13.8. The van der Waals surface area contributed by atoms with Crippen molar-refractivity contribution in [2.24, 2.45) is 0 Å². The first kappa shape index (κ1) is 24.1. The number of fused-ring (bicyclic) bond motifs is 1. The highest BCUT2D eigenvalue weighted by atomic mass is 16.5. The third-order valence-corrected chi connectivity index (χ3v) is 7.30. The Kier molecular flexibility index (Phi) is 6.75. The van der Waals surface area contributed by atoms with Crippen LogP contribution in [0, 0.1) is 0 Å². The Morgan fingerprint density at radius 3 is 2.42 bits per heavy atom. The summed E-state index contributed by atoms with van der Waals surface area (Å²) in [4.78, 5) is 23.0. The van der Waals surface area contributed by atoms with Crippen LogP contribution in [0.5, 0.6) is 5.75 Å². The van der Waals surface area contributed by atoms with Gasteiger partial charge in [-0.1, -0.05) is 42.5 Å². The first-order valence-electron chi connectivity index (χ1n) is 13.0. The van der Waals surface area contributed by atoms with Crippen molar-refractivity contribution in [3.05, 3.63) is 118 Å². The van der Waals surface area contributed by atoms with Gasteiger partial charge in [0.1, 0.15) is 17.1 Å². The van der Waals surface area contributed by atoms with Crippen LogP contribution in [0.25, 0.3) is 16.8 Å². The average Bonchev–Trinajstić information content (AvgIpc) is 3.41. The maximum Gasteiger partial charge on any atom is 0.277 e. The lowest BCUT2D eigenvalue weighted by Gasteiger charge is -2.22. The molecule has 7 heteroatoms. The van der Waals surface area contributed by atoms with Crippen molar-refractivity contribution in [2.75, 3.05) is 20.3 Å². The van der Waals surface area contributed by atoms with Gasteiger partial charge in [0.2, 0.25) is 0 Å². The molecule has 0 amide bonds. The number of imidazole rings is 1. The lowest BCUT2D eigenvalue weighted by atomic mass is 9.99. The largest absolute Gasteiger partial charge is 0.497 e. The molecule has 0 N–H and O–H groups in total. The van der Waals surface area contributed by atoms with E-state index in [1.54, 1.807) is 19.5 Å². The van der Waals surface area contributed by atoms with Gasteiger partial charge in [-0.15, -0.1) is 0 Å². The number of methoxy groups -OCH3 is 1. The average molecular weight is 507 g/mol. The van der Waals surface area contributed by atoms with Crippen molar-refractivity contribution < 1.29 is 9.47 Å². The van der Waals surface area contributed by atoms with Crippen molar-refractivity contribution >= 4 is 5.52 Å². The van der Waals surface area contributed by atoms with E-state index in [2.05, 4.69) is 35.4 Å². The summed E-state index contributed by atoms with van der Waals surface area (Å²) in [6, 6.07) is 22.2. The number of benzene rings is 2. The fourth-order valence-electron chi connectivity index (χ4n) is 5.18. The first-order chi connectivity index (χ1) is 18.7. The van der Waals surface area contributed by atoms with Gasteiger partial charge in [-0.2, -0.15) is 0 Å². The second-order valence-corrected chi connectivity index (χ2v) is 9.71. The smallest absolute Gasteiger partial charge is 0.277 e. The molecule has 2 aromatic carbocycles. The van der Waals surface area contributed by atoms with Crippen LogP contribution in [0.15, 0.2) is 90.1 Å². The molecule has 1 saturated heterocycles. The summed E-state index contributed by atoms with van der Waals surface area (Å²) in [6.45, 7) is 1.92. The van der Waals surface area contributed by atoms with Gasteiger partial charge in [0.25, 0.3) is 5.56 Å². The summed E-state index contributed by atoms with van der Waals surface area (Å²) >= 11 is 0. The lowest BCUT2D eigenvalue weighted by Crippen LogP contribution is -2.27. The fraction of sp³-hybridized carbons (Fsp3) is 0.258. The maximum absolute atomic E-state index is 13.8. The van der Waals surface area contributed by atoms with Crippen LogP contribution in [-0.4, -0.2) is 39.3 Å². The Hall–Kier alpha value is -4.23. The van der Waals surface area contributed by atoms with E-state index < -0.39 is 0 Å². The number of aromatic nitrogens is 4. The Labute approximate surface area is 221 Å². The van der Waals surface area contributed by atoms with Crippen LogP contribution < -0.4 is 10.3 Å². The van der Waals surface area contributed by atoms with Crippen molar-refractivity contribution in [3.8, 4) is 17.0 Å². The third-order valence-electron chi connectivity index (χ3n) is 7.30. The monoisotopic (exact) mass is 506 g/mol. The summed E-state index contributed by atoms with van der Waals surface area (Å²) < 4.78 is 14.8. The molecule has 0 saturated carbocycles. The van der Waals surface area contributed by atoms with Crippen molar-refractivity contribution in [1.82, 2.24) is 18.9 Å². The molecule has 5 aromatic rings. The Balaban J connectivity index is 1.40. The van der Waals surface area contributed by atoms with Gasteiger partial charge in [-0.3, -0.25) is 14.2 Å². The molecular formula is C31H30N4O3. The van der Waals surface area contributed by atoms with E-state index in [0.29, 0.717) is 18.5 Å². The van der Waals surface area contributed by atoms with E-state index in [9.17, 15) is 4.79 Å². The fourth-order valence-corrected chi connectivity index (χ4v) is 5.18. The molecule has 6 rings (SSSR count). The zero-order chi connectivity index (χ0) is 25.9. The molecule has 3 aromatic heterocycles. The second-order valence-electron chi connectivity index (χ2n) is 9.71. The number of hydrogen-bond donors (Lipinski definition) is 0. The van der Waals surface area contributed by atoms with E-state index >= 15 is 0 Å². The standard InChI is InChI=1S/C31H30N4O3/c1-37-27-11-7-23(8-12-27)20-34-26(18-22-5-9-24(10-6-22)28-4-2-3-15-32-28)21-35-29(31(34)36)19-33-30(35)25-13-16-38-17-14-25/h2-12,15,19,21,25H,13-14,16-18,20H2,1H3. The van der Waals surface area contributed by atoms with Crippen LogP contribution in [-0.2, 0) is 17.7 Å². The van der Waals surface area contributed by atoms with E-state index in [-0.39, 0.29) is 11.5 Å². The van der Waals surface area contributed by atoms with E-state index in [1.165, 1.54) is 0 Å². The number of pyridine rings is 1. The quantitative estimate of drug-likeness (QED) is 0.307. The number of rotatable bonds is 7. The molecule has 0 atom stereocenters. The summed E-state index contributed by atoms with van der Waals surface area (Å²) in [7, 11) is 1.65. The normalized spacial score (nSPS) is 14.1. The summed E-state index contributed by atoms with van der Waals surface area (Å²) in [6.07, 6.45) is 8.08. The summed E-state index contributed by atoms with van der Waals surface area (Å²) in [5.41, 5.74) is 5.68. The molecule has 0 spiro atoms. The molecule has 192 valence electrons. The predicted molar refractivity (Wildman–Crippen MR) is 147 cm³/mol. The van der Waals surface area contributed by atoms with Crippen LogP contribution in [0.2, 0.25) is 0 Å². The van der Waals surface area contributed by atoms with Crippen molar-refractivity contribution in [1.29, 1.82) is 0 Å². The Morgan fingerprint density at radius 2 is 1.71 bits per heavy atom. The topological polar surface area (TPSA) is 70.7 Å². The van der Waals surface area contributed by atoms with Gasteiger partial charge < -0.3 is 14.0 Å². The molecule has 0 unspecified atom stereocenters. The molecular weight excluding hydrogens is 476 g/mol. The highest BCUT2D eigenvalue weighted by molar-refractivity contribution is 5.59. The lowest BCUT2D eigenvalue weighted by molar-refractivity contribution is 0.0835. The zero-order valence-corrected chi connectivity index (χ0v) is 21.4. The summed E-state index contributed by atoms with van der Waals surface area (Å²) in [5.74, 6) is 2.03. The van der Waals surface area contributed by atoms with Crippen LogP contribution in [0.4, 0.5) is 0 Å². The predicted octanol–water partition coefficient (Wildman–Crippen LogP) is 5.10. The molecule has 4 heterocycles. The SMILES string of the molecule is COc1ccc(Cn2c(Cc3ccc(-c4ccccn4)cc3)cn3c(C4CCOCC4)ncc3c2=O)cc1. The van der Waals surface area contributed by atoms with Gasteiger partial charge >= 0.3 is 0 Å². The molecule has 0 aliphatic carbocycles. The van der Waals surface area contributed by atoms with E-state index in [4.69, 9.17) is 14.5 Å². The Morgan fingerprint density at radius 1 is 0.947 bits per heavy atom. The first-order valence-corrected chi connectivity index (χ1v) is 13.0. The van der Waals surface area contributed by atoms with Gasteiger partial charge in [0, 0.05) is 49.2 Å². The van der Waals surface area contributed by atoms with Gasteiger partial charge in [0.05, 0.1) is 25.5 Å². The zero-order valence-electron chi connectivity index (χ0n) is 21.4. The Bertz CT molecular complexity index is 1580. The highest BCUT2D eigenvalue weighted by Crippen LogP contribution is 2.27. The molecule has 0 bridgehead atoms. The van der Waals surface area contributed by atoms with Crippen LogP contribution >= 0.6 is 0 Å². The minimum atomic E-state index is -0.0331. The van der Waals surface area contributed by atoms with Gasteiger partial charge in [0.15, 0.2) is 0 Å². The molecule has 1 aliphatic heterocycles. The molecule has 38 heavy (non-hydrogen) atoms. The molecule has 7 nitrogen and oxygen atoms in total. The second kappa shape index (κ2) is 10.6. The minimum absolute atomic E-state index is 0.0331. The van der Waals surface area contributed by atoms with Crippen LogP contribution in [0.1, 0.15) is 41.4 Å². The van der Waals surface area contributed by atoms with Crippen molar-refractivity contribution in [3.63, 3.8) is 0 Å². The molecule has 0 radical (unpaired) electrons. The third kappa shape index (κ3) is 4.85. The van der Waals surface area contributed by atoms with Crippen LogP contribution in [0.3, 0.4) is 0 Å². The van der Waals surface area contributed by atoms with Crippen molar-refractivity contribution in [2.45, 2.75) is 31.7 Å².